The zero-order valence-corrected chi connectivity index (χ0v) is 13.4. The van der Waals surface area contributed by atoms with E-state index in [2.05, 4.69) is 9.59 Å². The lowest BCUT2D eigenvalue weighted by atomic mass is 9.89. The molecule has 21 heavy (non-hydrogen) atoms. The van der Waals surface area contributed by atoms with Gasteiger partial charge in [0.1, 0.15) is 4.88 Å². The number of carbonyl (C=O) groups is 2. The number of carbonyl (C=O) groups excluding carboxylic acids is 2. The fraction of sp³-hybridized carbons (Fsp3) is 0.600. The largest absolute Gasteiger partial charge is 0.274 e. The van der Waals surface area contributed by atoms with Crippen LogP contribution >= 0.6 is 11.5 Å². The van der Waals surface area contributed by atoms with Gasteiger partial charge in [0.2, 0.25) is 0 Å². The van der Waals surface area contributed by atoms with E-state index in [1.165, 1.54) is 30.2 Å². The fourth-order valence-electron chi connectivity index (χ4n) is 2.68. The van der Waals surface area contributed by atoms with Crippen LogP contribution in [0.2, 0.25) is 0 Å². The number of nitrogens with zero attached hydrogens (tertiary/aromatic N) is 3. The molecule has 0 saturated heterocycles. The van der Waals surface area contributed by atoms with E-state index in [1.807, 2.05) is 0 Å². The van der Waals surface area contributed by atoms with Crippen LogP contribution in [-0.2, 0) is 4.79 Å². The van der Waals surface area contributed by atoms with Gasteiger partial charge in [0.25, 0.3) is 11.8 Å². The average Bonchev–Trinajstić information content (AvgIpc) is 2.91. The molecule has 114 valence electrons. The molecule has 0 N–H and O–H groups in total. The summed E-state index contributed by atoms with van der Waals surface area (Å²) in [4.78, 5) is 26.7. The second-order valence-electron chi connectivity index (χ2n) is 5.45. The van der Waals surface area contributed by atoms with Crippen molar-refractivity contribution in [2.45, 2.75) is 46.0 Å². The highest BCUT2D eigenvalue weighted by molar-refractivity contribution is 7.08. The van der Waals surface area contributed by atoms with E-state index in [1.54, 1.807) is 19.9 Å². The van der Waals surface area contributed by atoms with Crippen LogP contribution in [0.3, 0.4) is 0 Å². The topological polar surface area (TPSA) is 63.2 Å². The van der Waals surface area contributed by atoms with Gasteiger partial charge in [-0.1, -0.05) is 29.8 Å². The van der Waals surface area contributed by atoms with Gasteiger partial charge in [0.15, 0.2) is 0 Å². The van der Waals surface area contributed by atoms with Gasteiger partial charge in [0, 0.05) is 6.54 Å². The van der Waals surface area contributed by atoms with Crippen LogP contribution in [0.25, 0.3) is 0 Å². The van der Waals surface area contributed by atoms with Crippen molar-refractivity contribution in [2.24, 2.45) is 5.92 Å². The highest BCUT2D eigenvalue weighted by atomic mass is 32.1. The molecule has 0 aromatic carbocycles. The van der Waals surface area contributed by atoms with Crippen LogP contribution in [0.5, 0.6) is 0 Å². The molecule has 1 saturated carbocycles. The van der Waals surface area contributed by atoms with E-state index in [4.69, 9.17) is 0 Å². The summed E-state index contributed by atoms with van der Waals surface area (Å²) in [6, 6.07) is 0. The third kappa shape index (κ3) is 3.97. The van der Waals surface area contributed by atoms with Crippen LogP contribution in [0.4, 0.5) is 0 Å². The number of aromatic nitrogens is 2. The van der Waals surface area contributed by atoms with Crippen molar-refractivity contribution in [3.05, 3.63) is 22.7 Å². The van der Waals surface area contributed by atoms with Crippen molar-refractivity contribution >= 4 is 23.3 Å². The van der Waals surface area contributed by atoms with Crippen molar-refractivity contribution in [3.8, 4) is 0 Å². The highest BCUT2D eigenvalue weighted by Crippen LogP contribution is 2.25. The number of rotatable bonds is 4. The van der Waals surface area contributed by atoms with Crippen molar-refractivity contribution in [2.75, 3.05) is 6.54 Å². The minimum Gasteiger partial charge on any atom is -0.274 e. The first-order valence-corrected chi connectivity index (χ1v) is 8.18. The maximum atomic E-state index is 12.6. The van der Waals surface area contributed by atoms with Crippen LogP contribution in [0.15, 0.2) is 12.2 Å². The Balaban J connectivity index is 2.17. The molecule has 0 radical (unpaired) electrons. The third-order valence-corrected chi connectivity index (χ3v) is 4.65. The SMILES string of the molecule is C/C=C/C(=O)N(CC1CCCCC1)C(=O)c1snnc1C. The zero-order chi connectivity index (χ0) is 15.2. The number of imide groups is 1. The molecule has 6 heteroatoms. The molecule has 2 amide bonds. The molecule has 1 fully saturated rings. The lowest BCUT2D eigenvalue weighted by Gasteiger charge is -2.27. The molecule has 0 bridgehead atoms. The van der Waals surface area contributed by atoms with Crippen LogP contribution < -0.4 is 0 Å². The van der Waals surface area contributed by atoms with Gasteiger partial charge in [-0.15, -0.1) is 5.10 Å². The maximum absolute atomic E-state index is 12.6. The molecular formula is C15H21N3O2S. The minimum absolute atomic E-state index is 0.249. The molecule has 1 heterocycles. The van der Waals surface area contributed by atoms with Gasteiger partial charge in [0.05, 0.1) is 5.69 Å². The predicted molar refractivity (Wildman–Crippen MR) is 82.1 cm³/mol. The first-order valence-electron chi connectivity index (χ1n) is 7.41. The van der Waals surface area contributed by atoms with Gasteiger partial charge < -0.3 is 0 Å². The van der Waals surface area contributed by atoms with Gasteiger partial charge in [-0.25, -0.2) is 0 Å². The van der Waals surface area contributed by atoms with Crippen molar-refractivity contribution in [1.29, 1.82) is 0 Å². The minimum atomic E-state index is -0.267. The Kier molecular flexibility index (Phi) is 5.61. The summed E-state index contributed by atoms with van der Waals surface area (Å²) in [6.07, 6.45) is 8.92. The van der Waals surface area contributed by atoms with E-state index in [-0.39, 0.29) is 11.8 Å². The van der Waals surface area contributed by atoms with E-state index >= 15 is 0 Å². The number of hydrogen-bond acceptors (Lipinski definition) is 5. The summed E-state index contributed by atoms with van der Waals surface area (Å²) in [5.41, 5.74) is 0.590. The molecule has 0 unspecified atom stereocenters. The Morgan fingerprint density at radius 1 is 1.33 bits per heavy atom. The molecule has 1 aromatic rings. The third-order valence-electron chi connectivity index (χ3n) is 3.83. The lowest BCUT2D eigenvalue weighted by Crippen LogP contribution is -2.39. The maximum Gasteiger partial charge on any atom is 0.274 e. The summed E-state index contributed by atoms with van der Waals surface area (Å²) in [5.74, 6) is -0.102. The number of hydrogen-bond donors (Lipinski definition) is 0. The quantitative estimate of drug-likeness (QED) is 0.802. The van der Waals surface area contributed by atoms with E-state index in [9.17, 15) is 9.59 Å². The number of amides is 2. The molecule has 0 aliphatic heterocycles. The summed E-state index contributed by atoms with van der Waals surface area (Å²) < 4.78 is 3.79. The van der Waals surface area contributed by atoms with E-state index < -0.39 is 0 Å². The summed E-state index contributed by atoms with van der Waals surface area (Å²) >= 11 is 1.05. The Labute approximate surface area is 129 Å². The predicted octanol–water partition coefficient (Wildman–Crippen LogP) is 2.97. The molecule has 1 aliphatic rings. The van der Waals surface area contributed by atoms with Gasteiger partial charge in [-0.05, 0) is 50.2 Å². The van der Waals surface area contributed by atoms with Crippen LogP contribution in [0.1, 0.15) is 54.4 Å². The molecule has 0 atom stereocenters. The lowest BCUT2D eigenvalue weighted by molar-refractivity contribution is -0.124. The van der Waals surface area contributed by atoms with E-state index in [0.717, 1.165) is 24.4 Å². The second kappa shape index (κ2) is 7.45. The Morgan fingerprint density at radius 2 is 2.05 bits per heavy atom. The standard InChI is InChI=1S/C15H21N3O2S/c1-3-7-13(19)18(10-12-8-5-4-6-9-12)15(20)14-11(2)16-17-21-14/h3,7,12H,4-6,8-10H2,1-2H3/b7-3+. The average molecular weight is 307 g/mol. The summed E-state index contributed by atoms with van der Waals surface area (Å²) in [5, 5.41) is 3.86. The first-order chi connectivity index (χ1) is 10.1. The second-order valence-corrected chi connectivity index (χ2v) is 6.20. The summed E-state index contributed by atoms with van der Waals surface area (Å²) in [6.45, 7) is 4.02. The van der Waals surface area contributed by atoms with Crippen molar-refractivity contribution in [3.63, 3.8) is 0 Å². The normalized spacial score (nSPS) is 16.3. The van der Waals surface area contributed by atoms with Crippen molar-refractivity contribution in [1.82, 2.24) is 14.5 Å². The highest BCUT2D eigenvalue weighted by Gasteiger charge is 2.28. The van der Waals surface area contributed by atoms with Gasteiger partial charge in [-0.3, -0.25) is 14.5 Å². The van der Waals surface area contributed by atoms with Crippen molar-refractivity contribution < 1.29 is 9.59 Å². The number of aryl methyl sites for hydroxylation is 1. The van der Waals surface area contributed by atoms with Crippen LogP contribution in [-0.4, -0.2) is 32.8 Å². The molecule has 5 nitrogen and oxygen atoms in total. The molecule has 0 spiro atoms. The van der Waals surface area contributed by atoms with Gasteiger partial charge >= 0.3 is 0 Å². The first kappa shape index (κ1) is 15.8. The molecule has 1 aliphatic carbocycles. The smallest absolute Gasteiger partial charge is 0.274 e. The fourth-order valence-corrected chi connectivity index (χ4v) is 3.29. The van der Waals surface area contributed by atoms with Crippen LogP contribution in [0, 0.1) is 12.8 Å². The Bertz CT molecular complexity index is 533. The summed E-state index contributed by atoms with van der Waals surface area (Å²) in [7, 11) is 0. The molecule has 2 rings (SSSR count). The Morgan fingerprint density at radius 3 is 2.62 bits per heavy atom. The van der Waals surface area contributed by atoms with Gasteiger partial charge in [-0.2, -0.15) is 0 Å². The zero-order valence-electron chi connectivity index (χ0n) is 12.5. The number of allylic oxidation sites excluding steroid dienone is 1. The molecular weight excluding hydrogens is 286 g/mol. The monoisotopic (exact) mass is 307 g/mol. The molecule has 1 aromatic heterocycles. The Hall–Kier alpha value is -1.56. The van der Waals surface area contributed by atoms with E-state index in [0.29, 0.717) is 23.0 Å².